The third-order valence-electron chi connectivity index (χ3n) is 3.00. The smallest absolute Gasteiger partial charge is 0.0661 e. The predicted octanol–water partition coefficient (Wildman–Crippen LogP) is 3.43. The summed E-state index contributed by atoms with van der Waals surface area (Å²) in [5.41, 5.74) is 2.62. The number of nitrogens with zero attached hydrogens (tertiary/aromatic N) is 3. The first-order valence-corrected chi connectivity index (χ1v) is 6.87. The van der Waals surface area contributed by atoms with Gasteiger partial charge in [-0.1, -0.05) is 27.7 Å². The first-order chi connectivity index (χ1) is 8.18. The fourth-order valence-corrected chi connectivity index (χ4v) is 1.99. The molecule has 3 heteroatoms. The number of rotatable bonds is 1. The molecule has 0 N–H and O–H groups in total. The number of aromatic nitrogens is 2. The first-order valence-electron chi connectivity index (χ1n) is 6.87. The summed E-state index contributed by atoms with van der Waals surface area (Å²) in [6.07, 6.45) is 3.20. The molecule has 1 aliphatic heterocycles. The van der Waals surface area contributed by atoms with Gasteiger partial charge in [0.2, 0.25) is 0 Å². The molecule has 1 aromatic heterocycles. The van der Waals surface area contributed by atoms with Crippen molar-refractivity contribution in [2.75, 3.05) is 20.1 Å². The molecule has 0 amide bonds. The van der Waals surface area contributed by atoms with E-state index in [1.54, 1.807) is 0 Å². The Kier molecular flexibility index (Phi) is 7.88. The molecule has 100 valence electrons. The minimum Gasteiger partial charge on any atom is -0.304 e. The van der Waals surface area contributed by atoms with Crippen LogP contribution in [0.2, 0.25) is 0 Å². The molecule has 1 saturated heterocycles. The molecular formula is C14H29N3. The van der Waals surface area contributed by atoms with E-state index in [2.05, 4.69) is 35.6 Å². The van der Waals surface area contributed by atoms with E-state index in [9.17, 15) is 0 Å². The normalized spacial score (nSPS) is 19.1. The number of likely N-dealkylation sites (tertiary alicyclic amines) is 1. The van der Waals surface area contributed by atoms with Gasteiger partial charge in [-0.05, 0) is 39.4 Å². The Balaban J connectivity index is 0.000000581. The predicted molar refractivity (Wildman–Crippen MR) is 75.5 cm³/mol. The Morgan fingerprint density at radius 2 is 1.76 bits per heavy atom. The van der Waals surface area contributed by atoms with Crippen LogP contribution in [0, 0.1) is 13.8 Å². The van der Waals surface area contributed by atoms with Crippen LogP contribution in [0.5, 0.6) is 0 Å². The molecule has 0 aromatic carbocycles. The molecular weight excluding hydrogens is 210 g/mol. The van der Waals surface area contributed by atoms with Crippen molar-refractivity contribution in [3.8, 4) is 0 Å². The second-order valence-electron chi connectivity index (χ2n) is 4.06. The molecule has 3 nitrogen and oxygen atoms in total. The maximum absolute atomic E-state index is 4.42. The molecule has 0 saturated carbocycles. The van der Waals surface area contributed by atoms with Crippen LogP contribution in [-0.4, -0.2) is 34.8 Å². The van der Waals surface area contributed by atoms with E-state index in [0.29, 0.717) is 6.04 Å². The molecule has 1 aromatic rings. The standard InChI is InChI=1S/C10H17N3.2C2H6/c1-8-6-11-13(9(8)2)10-4-5-12(3)7-10;2*1-2/h6,10H,4-5,7H2,1-3H3;2*1-2H3. The molecule has 0 aliphatic carbocycles. The van der Waals surface area contributed by atoms with Crippen LogP contribution in [0.4, 0.5) is 0 Å². The summed E-state index contributed by atoms with van der Waals surface area (Å²) in [7, 11) is 2.17. The fourth-order valence-electron chi connectivity index (χ4n) is 1.99. The summed E-state index contributed by atoms with van der Waals surface area (Å²) < 4.78 is 2.18. The molecule has 1 aliphatic rings. The lowest BCUT2D eigenvalue weighted by molar-refractivity contribution is 0.379. The van der Waals surface area contributed by atoms with Crippen molar-refractivity contribution >= 4 is 0 Å². The zero-order valence-corrected chi connectivity index (χ0v) is 12.6. The molecule has 2 heterocycles. The minimum atomic E-state index is 0.596. The van der Waals surface area contributed by atoms with Crippen molar-refractivity contribution in [1.29, 1.82) is 0 Å². The number of hydrogen-bond donors (Lipinski definition) is 0. The first kappa shape index (κ1) is 16.2. The molecule has 1 unspecified atom stereocenters. The van der Waals surface area contributed by atoms with E-state index >= 15 is 0 Å². The largest absolute Gasteiger partial charge is 0.304 e. The van der Waals surface area contributed by atoms with Crippen molar-refractivity contribution in [2.45, 2.75) is 54.0 Å². The highest BCUT2D eigenvalue weighted by molar-refractivity contribution is 5.14. The van der Waals surface area contributed by atoms with Gasteiger partial charge in [0.25, 0.3) is 0 Å². The van der Waals surface area contributed by atoms with E-state index in [1.165, 1.54) is 24.2 Å². The highest BCUT2D eigenvalue weighted by atomic mass is 15.3. The van der Waals surface area contributed by atoms with Crippen LogP contribution in [0.25, 0.3) is 0 Å². The topological polar surface area (TPSA) is 21.1 Å². The van der Waals surface area contributed by atoms with E-state index < -0.39 is 0 Å². The van der Waals surface area contributed by atoms with Gasteiger partial charge >= 0.3 is 0 Å². The summed E-state index contributed by atoms with van der Waals surface area (Å²) >= 11 is 0. The second kappa shape index (κ2) is 8.29. The Labute approximate surface area is 107 Å². The zero-order valence-electron chi connectivity index (χ0n) is 12.6. The van der Waals surface area contributed by atoms with E-state index in [-0.39, 0.29) is 0 Å². The fraction of sp³-hybridized carbons (Fsp3) is 0.786. The van der Waals surface area contributed by atoms with Gasteiger partial charge in [0.15, 0.2) is 0 Å². The van der Waals surface area contributed by atoms with Crippen molar-refractivity contribution in [1.82, 2.24) is 14.7 Å². The molecule has 1 fully saturated rings. The summed E-state index contributed by atoms with van der Waals surface area (Å²) in [5, 5.41) is 4.42. The van der Waals surface area contributed by atoms with Crippen LogP contribution in [0.1, 0.15) is 51.4 Å². The second-order valence-corrected chi connectivity index (χ2v) is 4.06. The molecule has 1 atom stereocenters. The summed E-state index contributed by atoms with van der Waals surface area (Å²) in [4.78, 5) is 2.36. The van der Waals surface area contributed by atoms with Gasteiger partial charge in [-0.2, -0.15) is 5.10 Å². The van der Waals surface area contributed by atoms with Gasteiger partial charge in [0.1, 0.15) is 0 Å². The molecule has 17 heavy (non-hydrogen) atoms. The Bertz CT molecular complexity index is 304. The van der Waals surface area contributed by atoms with E-state index in [1.807, 2.05) is 33.9 Å². The lowest BCUT2D eigenvalue weighted by Crippen LogP contribution is -2.17. The minimum absolute atomic E-state index is 0.596. The number of aryl methyl sites for hydroxylation is 1. The van der Waals surface area contributed by atoms with Gasteiger partial charge in [-0.3, -0.25) is 4.68 Å². The van der Waals surface area contributed by atoms with Crippen LogP contribution >= 0.6 is 0 Å². The van der Waals surface area contributed by atoms with Crippen LogP contribution < -0.4 is 0 Å². The van der Waals surface area contributed by atoms with Crippen molar-refractivity contribution in [3.63, 3.8) is 0 Å². The molecule has 0 spiro atoms. The van der Waals surface area contributed by atoms with E-state index in [0.717, 1.165) is 6.54 Å². The molecule has 2 rings (SSSR count). The lowest BCUT2D eigenvalue weighted by Gasteiger charge is -2.13. The van der Waals surface area contributed by atoms with Gasteiger partial charge in [0.05, 0.1) is 12.2 Å². The molecule has 0 radical (unpaired) electrons. The van der Waals surface area contributed by atoms with Crippen molar-refractivity contribution < 1.29 is 0 Å². The maximum Gasteiger partial charge on any atom is 0.0661 e. The zero-order chi connectivity index (χ0) is 13.4. The van der Waals surface area contributed by atoms with Crippen LogP contribution in [0.3, 0.4) is 0 Å². The summed E-state index contributed by atoms with van der Waals surface area (Å²) in [6, 6.07) is 0.596. The third kappa shape index (κ3) is 4.15. The highest BCUT2D eigenvalue weighted by Gasteiger charge is 2.22. The van der Waals surface area contributed by atoms with Crippen LogP contribution in [-0.2, 0) is 0 Å². The Hall–Kier alpha value is -0.830. The van der Waals surface area contributed by atoms with Crippen LogP contribution in [0.15, 0.2) is 6.20 Å². The van der Waals surface area contributed by atoms with Gasteiger partial charge < -0.3 is 4.90 Å². The summed E-state index contributed by atoms with van der Waals surface area (Å²) in [5.74, 6) is 0. The van der Waals surface area contributed by atoms with Crippen molar-refractivity contribution in [2.24, 2.45) is 0 Å². The average Bonchev–Trinajstić information content (AvgIpc) is 2.93. The Morgan fingerprint density at radius 3 is 2.12 bits per heavy atom. The lowest BCUT2D eigenvalue weighted by atomic mass is 10.2. The van der Waals surface area contributed by atoms with Gasteiger partial charge in [0, 0.05) is 12.2 Å². The summed E-state index contributed by atoms with van der Waals surface area (Å²) in [6.45, 7) is 14.6. The van der Waals surface area contributed by atoms with Crippen molar-refractivity contribution in [3.05, 3.63) is 17.5 Å². The maximum atomic E-state index is 4.42. The third-order valence-corrected chi connectivity index (χ3v) is 3.00. The number of hydrogen-bond acceptors (Lipinski definition) is 2. The van der Waals surface area contributed by atoms with Gasteiger partial charge in [-0.25, -0.2) is 0 Å². The average molecular weight is 239 g/mol. The number of likely N-dealkylation sites (N-methyl/N-ethyl adjacent to an activating group) is 1. The van der Waals surface area contributed by atoms with E-state index in [4.69, 9.17) is 0 Å². The Morgan fingerprint density at radius 1 is 1.18 bits per heavy atom. The van der Waals surface area contributed by atoms with Gasteiger partial charge in [-0.15, -0.1) is 0 Å². The SMILES string of the molecule is CC.CC.Cc1cnn(C2CCN(C)C2)c1C. The monoisotopic (exact) mass is 239 g/mol. The highest BCUT2D eigenvalue weighted by Crippen LogP contribution is 2.21. The molecule has 0 bridgehead atoms. The quantitative estimate of drug-likeness (QED) is 0.748.